The first-order valence-corrected chi connectivity index (χ1v) is 18.2. The van der Waals surface area contributed by atoms with Crippen molar-refractivity contribution in [2.24, 2.45) is 9.98 Å². The minimum absolute atomic E-state index is 0.411. The third kappa shape index (κ3) is 9.28. The Kier molecular flexibility index (Phi) is 13.4. The van der Waals surface area contributed by atoms with Crippen LogP contribution in [0, 0.1) is 0 Å². The zero-order valence-electron chi connectivity index (χ0n) is 23.1. The number of aromatic nitrogens is 1. The van der Waals surface area contributed by atoms with Crippen molar-refractivity contribution in [3.8, 4) is 0 Å². The number of rotatable bonds is 8. The van der Waals surface area contributed by atoms with Gasteiger partial charge in [-0.05, 0) is 58.1 Å². The molecule has 0 N–H and O–H groups in total. The van der Waals surface area contributed by atoms with Crippen LogP contribution in [0.4, 0.5) is 11.4 Å². The fourth-order valence-electron chi connectivity index (χ4n) is 4.20. The van der Waals surface area contributed by atoms with Gasteiger partial charge in [0.05, 0.1) is 35.2 Å². The molecule has 0 saturated carbocycles. The summed E-state index contributed by atoms with van der Waals surface area (Å²) in [5, 5.41) is 0. The van der Waals surface area contributed by atoms with Crippen LogP contribution in [0.3, 0.4) is 0 Å². The van der Waals surface area contributed by atoms with Gasteiger partial charge in [-0.25, -0.2) is 4.98 Å². The molecule has 0 aliphatic rings. The van der Waals surface area contributed by atoms with Crippen LogP contribution in [-0.2, 0) is 11.3 Å². The molecule has 200 valence electrons. The normalized spacial score (nSPS) is 11.9. The molecule has 1 aromatic heterocycles. The SMILES string of the molecule is CC(C)c1cccc(C(C)C)c1N=Cc1cccc(C=Nc2c(C(C)C)cccc2C(C)C)n1.[Br][Fe][Br]. The van der Waals surface area contributed by atoms with Crippen molar-refractivity contribution in [1.82, 2.24) is 4.98 Å². The second kappa shape index (κ2) is 15.7. The summed E-state index contributed by atoms with van der Waals surface area (Å²) in [6.07, 6.45) is 3.76. The minimum atomic E-state index is 0.411. The molecule has 1 heterocycles. The van der Waals surface area contributed by atoms with Crippen LogP contribution in [0.1, 0.15) is 113 Å². The predicted molar refractivity (Wildman–Crippen MR) is 166 cm³/mol. The monoisotopic (exact) mass is 667 g/mol. The van der Waals surface area contributed by atoms with E-state index < -0.39 is 0 Å². The summed E-state index contributed by atoms with van der Waals surface area (Å²) in [5.74, 6) is 1.64. The van der Waals surface area contributed by atoms with Crippen molar-refractivity contribution in [1.29, 1.82) is 0 Å². The molecule has 2 aromatic carbocycles. The fourth-order valence-corrected chi connectivity index (χ4v) is 4.20. The van der Waals surface area contributed by atoms with E-state index in [0.29, 0.717) is 23.7 Å². The topological polar surface area (TPSA) is 37.6 Å². The van der Waals surface area contributed by atoms with Gasteiger partial charge in [0.1, 0.15) is 0 Å². The number of hydrogen-bond donors (Lipinski definition) is 0. The first kappa shape index (κ1) is 31.6. The zero-order valence-corrected chi connectivity index (χ0v) is 27.4. The van der Waals surface area contributed by atoms with Crippen molar-refractivity contribution in [2.75, 3.05) is 0 Å². The van der Waals surface area contributed by atoms with Crippen LogP contribution < -0.4 is 0 Å². The van der Waals surface area contributed by atoms with Gasteiger partial charge in [0.2, 0.25) is 0 Å². The second-order valence-corrected chi connectivity index (χ2v) is 15.8. The molecule has 3 nitrogen and oxygen atoms in total. The number of benzene rings is 2. The molecular formula is C31H39Br2FeN3. The number of aliphatic imine (C=N–C) groups is 2. The van der Waals surface area contributed by atoms with Crippen molar-refractivity contribution >= 4 is 52.0 Å². The quantitative estimate of drug-likeness (QED) is 0.174. The van der Waals surface area contributed by atoms with Gasteiger partial charge in [0.15, 0.2) is 0 Å². The molecule has 0 amide bonds. The Hall–Kier alpha value is -1.59. The summed E-state index contributed by atoms with van der Waals surface area (Å²) in [4.78, 5) is 14.6. The van der Waals surface area contributed by atoms with Gasteiger partial charge in [-0.15, -0.1) is 0 Å². The van der Waals surface area contributed by atoms with E-state index in [-0.39, 0.29) is 0 Å². The Labute approximate surface area is 244 Å². The second-order valence-electron chi connectivity index (χ2n) is 10.2. The van der Waals surface area contributed by atoms with Crippen molar-refractivity contribution in [3.05, 3.63) is 88.2 Å². The number of para-hydroxylation sites is 2. The zero-order chi connectivity index (χ0) is 27.5. The van der Waals surface area contributed by atoms with Gasteiger partial charge >= 0.3 is 39.6 Å². The molecule has 6 heteroatoms. The third-order valence-corrected chi connectivity index (χ3v) is 6.13. The van der Waals surface area contributed by atoms with E-state index in [9.17, 15) is 0 Å². The van der Waals surface area contributed by atoms with E-state index in [4.69, 9.17) is 15.0 Å². The van der Waals surface area contributed by atoms with Crippen LogP contribution in [0.15, 0.2) is 64.6 Å². The van der Waals surface area contributed by atoms with Crippen LogP contribution in [0.25, 0.3) is 0 Å². The van der Waals surface area contributed by atoms with Crippen molar-refractivity contribution < 1.29 is 11.3 Å². The maximum absolute atomic E-state index is 4.92. The van der Waals surface area contributed by atoms with Gasteiger partial charge in [0.25, 0.3) is 0 Å². The number of halogens is 2. The van der Waals surface area contributed by atoms with E-state index in [1.165, 1.54) is 22.3 Å². The van der Waals surface area contributed by atoms with E-state index in [1.807, 2.05) is 30.6 Å². The molecule has 0 spiro atoms. The Bertz CT molecular complexity index is 1060. The van der Waals surface area contributed by atoms with E-state index in [1.54, 1.807) is 0 Å². The fraction of sp³-hybridized carbons (Fsp3) is 0.387. The Morgan fingerprint density at radius 2 is 0.838 bits per heavy atom. The molecule has 0 aliphatic carbocycles. The summed E-state index contributed by atoms with van der Waals surface area (Å²) < 4.78 is 0. The molecule has 0 bridgehead atoms. The van der Waals surface area contributed by atoms with E-state index in [0.717, 1.165) is 34.1 Å². The number of hydrogen-bond acceptors (Lipinski definition) is 3. The third-order valence-electron chi connectivity index (χ3n) is 6.13. The maximum atomic E-state index is 4.92. The molecule has 0 saturated heterocycles. The van der Waals surface area contributed by atoms with E-state index >= 15 is 0 Å². The molecule has 0 fully saturated rings. The Morgan fingerprint density at radius 1 is 0.568 bits per heavy atom. The molecule has 0 atom stereocenters. The average molecular weight is 669 g/mol. The van der Waals surface area contributed by atoms with Gasteiger partial charge < -0.3 is 0 Å². The summed E-state index contributed by atoms with van der Waals surface area (Å²) in [7, 11) is 0. The summed E-state index contributed by atoms with van der Waals surface area (Å²) in [6.45, 7) is 17.7. The van der Waals surface area contributed by atoms with E-state index in [2.05, 4.69) is 120 Å². The van der Waals surface area contributed by atoms with Gasteiger partial charge in [-0.1, -0.05) is 97.9 Å². The summed E-state index contributed by atoms with van der Waals surface area (Å²) in [5.41, 5.74) is 8.88. The Morgan fingerprint density at radius 3 is 1.11 bits per heavy atom. The number of nitrogens with zero attached hydrogens (tertiary/aromatic N) is 3. The van der Waals surface area contributed by atoms with Crippen LogP contribution in [0.5, 0.6) is 0 Å². The first-order chi connectivity index (χ1) is 17.6. The Balaban J connectivity index is 0.00000153. The van der Waals surface area contributed by atoms with Crippen LogP contribution in [-0.4, -0.2) is 17.4 Å². The first-order valence-electron chi connectivity index (χ1n) is 12.8. The standard InChI is InChI=1S/C31H39N3.2BrH.Fe/c1-20(2)26-14-10-15-27(21(3)4)30(26)32-18-24-12-9-13-25(34-24)19-33-31-28(22(5)6)16-11-17-29(31)23(7)8;;;/h9-23H,1-8H3;2*1H;/q;;;+2/p-2. The van der Waals surface area contributed by atoms with Crippen LogP contribution in [0.2, 0.25) is 0 Å². The molecule has 0 unspecified atom stereocenters. The van der Waals surface area contributed by atoms with Gasteiger partial charge in [-0.3, -0.25) is 9.98 Å². The molecule has 37 heavy (non-hydrogen) atoms. The molecular weight excluding hydrogens is 630 g/mol. The average Bonchev–Trinajstić information content (AvgIpc) is 2.86. The summed E-state index contributed by atoms with van der Waals surface area (Å²) in [6, 6.07) is 19.0. The van der Waals surface area contributed by atoms with Crippen molar-refractivity contribution in [3.63, 3.8) is 0 Å². The van der Waals surface area contributed by atoms with Crippen molar-refractivity contribution in [2.45, 2.75) is 79.1 Å². The molecule has 3 aromatic rings. The molecule has 0 aliphatic heterocycles. The predicted octanol–water partition coefficient (Wildman–Crippen LogP) is 10.8. The number of pyridine rings is 1. The molecule has 3 rings (SSSR count). The van der Waals surface area contributed by atoms with Gasteiger partial charge in [-0.2, -0.15) is 0 Å². The summed E-state index contributed by atoms with van der Waals surface area (Å²) >= 11 is 7.00. The molecule has 0 radical (unpaired) electrons. The van der Waals surface area contributed by atoms with Gasteiger partial charge in [0, 0.05) is 0 Å². The van der Waals surface area contributed by atoms with Crippen LogP contribution >= 0.6 is 28.2 Å².